The maximum Gasteiger partial charge on any atom is -0.00462 e. The summed E-state index contributed by atoms with van der Waals surface area (Å²) < 4.78 is 0. The monoisotopic (exact) mass is 177 g/mol. The second-order valence-electron chi connectivity index (χ2n) is 3.65. The lowest BCUT2D eigenvalue weighted by atomic mass is 9.94. The van der Waals surface area contributed by atoms with Gasteiger partial charge in [0.25, 0.3) is 0 Å². The molecular formula is C12H19N. The maximum atomic E-state index is 3.19. The van der Waals surface area contributed by atoms with E-state index in [9.17, 15) is 0 Å². The third-order valence-electron chi connectivity index (χ3n) is 2.55. The molecule has 0 radical (unpaired) electrons. The lowest BCUT2D eigenvalue weighted by molar-refractivity contribution is 0.634. The van der Waals surface area contributed by atoms with Crippen LogP contribution in [0.4, 0.5) is 0 Å². The number of hydrogen-bond donors (Lipinski definition) is 1. The van der Waals surface area contributed by atoms with Gasteiger partial charge >= 0.3 is 0 Å². The van der Waals surface area contributed by atoms with Crippen LogP contribution in [0.1, 0.15) is 30.4 Å². The summed E-state index contributed by atoms with van der Waals surface area (Å²) in [6.45, 7) is 5.57. The van der Waals surface area contributed by atoms with Crippen molar-refractivity contribution in [2.24, 2.45) is 0 Å². The molecule has 13 heavy (non-hydrogen) atoms. The maximum absolute atomic E-state index is 3.19. The molecule has 0 bridgehead atoms. The highest BCUT2D eigenvalue weighted by molar-refractivity contribution is 5.28. The Kier molecular flexibility index (Phi) is 3.97. The highest BCUT2D eigenvalue weighted by Gasteiger charge is 2.06. The zero-order valence-electron chi connectivity index (χ0n) is 8.80. The van der Waals surface area contributed by atoms with Gasteiger partial charge in [-0.15, -0.1) is 0 Å². The first-order valence-electron chi connectivity index (χ1n) is 4.96. The normalized spacial score (nSPS) is 12.8. The quantitative estimate of drug-likeness (QED) is 0.745. The third-order valence-corrected chi connectivity index (χ3v) is 2.55. The van der Waals surface area contributed by atoms with Crippen LogP contribution in [0.3, 0.4) is 0 Å². The van der Waals surface area contributed by atoms with Crippen LogP contribution in [0.2, 0.25) is 0 Å². The Balaban J connectivity index is 2.65. The average Bonchev–Trinajstić information content (AvgIpc) is 2.15. The fraction of sp³-hybridized carbons (Fsp3) is 0.500. The summed E-state index contributed by atoms with van der Waals surface area (Å²) in [5.74, 6) is 0.661. The molecule has 1 aromatic rings. The molecular weight excluding hydrogens is 158 g/mol. The number of aryl methyl sites for hydroxylation is 1. The molecule has 1 heteroatoms. The SMILES string of the molecule is CNCC[C@H](C)c1ccccc1C. The molecule has 0 aromatic heterocycles. The Bertz CT molecular complexity index is 255. The molecule has 0 saturated carbocycles. The predicted molar refractivity (Wildman–Crippen MR) is 58.1 cm³/mol. The first-order valence-corrected chi connectivity index (χ1v) is 4.96. The van der Waals surface area contributed by atoms with Crippen LogP contribution in [-0.4, -0.2) is 13.6 Å². The molecule has 1 aromatic carbocycles. The first kappa shape index (κ1) is 10.3. The Morgan fingerprint density at radius 3 is 2.62 bits per heavy atom. The van der Waals surface area contributed by atoms with Gasteiger partial charge in [0.1, 0.15) is 0 Å². The van der Waals surface area contributed by atoms with Crippen molar-refractivity contribution in [2.75, 3.05) is 13.6 Å². The molecule has 0 amide bonds. The minimum absolute atomic E-state index is 0.661. The molecule has 0 aliphatic carbocycles. The van der Waals surface area contributed by atoms with Crippen LogP contribution in [-0.2, 0) is 0 Å². The van der Waals surface area contributed by atoms with Crippen molar-refractivity contribution in [3.05, 3.63) is 35.4 Å². The van der Waals surface area contributed by atoms with E-state index in [1.165, 1.54) is 17.5 Å². The van der Waals surface area contributed by atoms with Gasteiger partial charge in [-0.25, -0.2) is 0 Å². The van der Waals surface area contributed by atoms with E-state index in [1.807, 2.05) is 7.05 Å². The number of benzene rings is 1. The molecule has 0 aliphatic rings. The van der Waals surface area contributed by atoms with Crippen LogP contribution >= 0.6 is 0 Å². The van der Waals surface area contributed by atoms with Crippen molar-refractivity contribution in [1.29, 1.82) is 0 Å². The highest BCUT2D eigenvalue weighted by atomic mass is 14.8. The van der Waals surface area contributed by atoms with Gasteiger partial charge in [-0.3, -0.25) is 0 Å². The molecule has 72 valence electrons. The van der Waals surface area contributed by atoms with E-state index >= 15 is 0 Å². The van der Waals surface area contributed by atoms with E-state index in [-0.39, 0.29) is 0 Å². The summed E-state index contributed by atoms with van der Waals surface area (Å²) in [7, 11) is 2.00. The third kappa shape index (κ3) is 2.85. The summed E-state index contributed by atoms with van der Waals surface area (Å²) in [5, 5.41) is 3.19. The zero-order valence-corrected chi connectivity index (χ0v) is 8.80. The average molecular weight is 177 g/mol. The molecule has 0 aliphatic heterocycles. The molecule has 0 unspecified atom stereocenters. The number of nitrogens with one attached hydrogen (secondary N) is 1. The van der Waals surface area contributed by atoms with Crippen molar-refractivity contribution < 1.29 is 0 Å². The van der Waals surface area contributed by atoms with E-state index in [0.29, 0.717) is 5.92 Å². The second-order valence-corrected chi connectivity index (χ2v) is 3.65. The Labute approximate surface area is 81.2 Å². The molecule has 1 atom stereocenters. The molecule has 0 spiro atoms. The smallest absolute Gasteiger partial charge is 0.00462 e. The zero-order chi connectivity index (χ0) is 9.68. The highest BCUT2D eigenvalue weighted by Crippen LogP contribution is 2.21. The minimum atomic E-state index is 0.661. The fourth-order valence-corrected chi connectivity index (χ4v) is 1.66. The van der Waals surface area contributed by atoms with Crippen molar-refractivity contribution in [2.45, 2.75) is 26.2 Å². The van der Waals surface area contributed by atoms with Crippen molar-refractivity contribution >= 4 is 0 Å². The Hall–Kier alpha value is -0.820. The van der Waals surface area contributed by atoms with E-state index in [2.05, 4.69) is 43.4 Å². The van der Waals surface area contributed by atoms with Gasteiger partial charge in [-0.1, -0.05) is 31.2 Å². The molecule has 0 saturated heterocycles. The van der Waals surface area contributed by atoms with Gasteiger partial charge in [0.15, 0.2) is 0 Å². The molecule has 0 fully saturated rings. The summed E-state index contributed by atoms with van der Waals surface area (Å²) in [6, 6.07) is 8.64. The van der Waals surface area contributed by atoms with E-state index in [1.54, 1.807) is 0 Å². The van der Waals surface area contributed by atoms with E-state index in [4.69, 9.17) is 0 Å². The van der Waals surface area contributed by atoms with Crippen molar-refractivity contribution in [3.63, 3.8) is 0 Å². The van der Waals surface area contributed by atoms with Crippen LogP contribution < -0.4 is 5.32 Å². The lowest BCUT2D eigenvalue weighted by Gasteiger charge is -2.13. The second kappa shape index (κ2) is 5.03. The number of rotatable bonds is 4. The topological polar surface area (TPSA) is 12.0 Å². The van der Waals surface area contributed by atoms with Crippen molar-refractivity contribution in [3.8, 4) is 0 Å². The largest absolute Gasteiger partial charge is 0.320 e. The lowest BCUT2D eigenvalue weighted by Crippen LogP contribution is -2.11. The van der Waals surface area contributed by atoms with Gasteiger partial charge in [0.2, 0.25) is 0 Å². The van der Waals surface area contributed by atoms with Crippen LogP contribution in [0.25, 0.3) is 0 Å². The van der Waals surface area contributed by atoms with Crippen LogP contribution in [0, 0.1) is 6.92 Å². The van der Waals surface area contributed by atoms with Crippen molar-refractivity contribution in [1.82, 2.24) is 5.32 Å². The van der Waals surface area contributed by atoms with Gasteiger partial charge in [0, 0.05) is 0 Å². The number of hydrogen-bond acceptors (Lipinski definition) is 1. The summed E-state index contributed by atoms with van der Waals surface area (Å²) in [6.07, 6.45) is 1.21. The van der Waals surface area contributed by atoms with Gasteiger partial charge < -0.3 is 5.32 Å². The molecule has 1 N–H and O–H groups in total. The van der Waals surface area contributed by atoms with Crippen LogP contribution in [0.5, 0.6) is 0 Å². The summed E-state index contributed by atoms with van der Waals surface area (Å²) in [4.78, 5) is 0. The van der Waals surface area contributed by atoms with Gasteiger partial charge in [-0.05, 0) is 44.0 Å². The molecule has 1 nitrogen and oxygen atoms in total. The Morgan fingerprint density at radius 1 is 1.31 bits per heavy atom. The summed E-state index contributed by atoms with van der Waals surface area (Å²) >= 11 is 0. The first-order chi connectivity index (χ1) is 6.25. The molecule has 1 rings (SSSR count). The summed E-state index contributed by atoms with van der Waals surface area (Å²) in [5.41, 5.74) is 2.89. The molecule has 0 heterocycles. The van der Waals surface area contributed by atoms with Gasteiger partial charge in [-0.2, -0.15) is 0 Å². The Morgan fingerprint density at radius 2 is 2.00 bits per heavy atom. The van der Waals surface area contributed by atoms with E-state index < -0.39 is 0 Å². The van der Waals surface area contributed by atoms with Crippen LogP contribution in [0.15, 0.2) is 24.3 Å². The standard InChI is InChI=1S/C12H19N/c1-10-6-4-5-7-12(10)11(2)8-9-13-3/h4-7,11,13H,8-9H2,1-3H3/t11-/m0/s1. The minimum Gasteiger partial charge on any atom is -0.320 e. The van der Waals surface area contributed by atoms with E-state index in [0.717, 1.165) is 6.54 Å². The van der Waals surface area contributed by atoms with Gasteiger partial charge in [0.05, 0.1) is 0 Å². The fourth-order valence-electron chi connectivity index (χ4n) is 1.66. The predicted octanol–water partition coefficient (Wildman–Crippen LogP) is 2.71.